The van der Waals surface area contributed by atoms with Crippen LogP contribution in [0, 0.1) is 5.92 Å². The summed E-state index contributed by atoms with van der Waals surface area (Å²) in [5, 5.41) is 0. The first-order chi connectivity index (χ1) is 5.20. The normalized spacial score (nSPS) is 13.1. The van der Waals surface area contributed by atoms with Gasteiger partial charge in [0.25, 0.3) is 4.36 Å². The van der Waals surface area contributed by atoms with Crippen LogP contribution in [0.4, 0.5) is 0 Å². The van der Waals surface area contributed by atoms with E-state index in [1.807, 2.05) is 0 Å². The van der Waals surface area contributed by atoms with Gasteiger partial charge in [0, 0.05) is 0 Å². The molecule has 0 aliphatic heterocycles. The molecule has 0 N–H and O–H groups in total. The highest BCUT2D eigenvalue weighted by atomic mass is 79.9. The molecular weight excluding hydrogens is 267 g/mol. The smallest absolute Gasteiger partial charge is 0.139 e. The predicted molar refractivity (Wildman–Crippen MR) is 61.7 cm³/mol. The highest BCUT2D eigenvalue weighted by Gasteiger charge is 2.12. The molecule has 0 aliphatic rings. The number of hydrogen-bond donors (Lipinski definition) is 0. The van der Waals surface area contributed by atoms with E-state index in [0.717, 1.165) is 5.92 Å². The maximum atomic E-state index is 3.52. The molecule has 1 atom stereocenters. The Hall–Kier alpha value is 1.02. The van der Waals surface area contributed by atoms with E-state index in [9.17, 15) is 0 Å². The van der Waals surface area contributed by atoms with Crippen molar-refractivity contribution < 1.29 is 0 Å². The first kappa shape index (κ1) is 12.0. The lowest BCUT2D eigenvalue weighted by atomic mass is 9.85. The number of rotatable bonds is 6. The van der Waals surface area contributed by atoms with Gasteiger partial charge in [-0.3, -0.25) is 0 Å². The van der Waals surface area contributed by atoms with Gasteiger partial charge in [-0.2, -0.15) is 0 Å². The molecule has 0 aromatic rings. The average molecular weight is 284 g/mol. The fourth-order valence-corrected chi connectivity index (χ4v) is 2.29. The Morgan fingerprint density at radius 3 is 2.27 bits per heavy atom. The highest BCUT2D eigenvalue weighted by molar-refractivity contribution is 9.49. The van der Waals surface area contributed by atoms with E-state index >= 15 is 0 Å². The largest absolute Gasteiger partial charge is 0.298 e. The Morgan fingerprint density at radius 1 is 1.27 bits per heavy atom. The maximum Gasteiger partial charge on any atom is 0.298 e. The van der Waals surface area contributed by atoms with E-state index in [2.05, 4.69) is 45.4 Å². The molecule has 0 spiro atoms. The van der Waals surface area contributed by atoms with Crippen molar-refractivity contribution in [1.29, 1.82) is 0 Å². The lowest BCUT2D eigenvalue weighted by Gasteiger charge is -2.13. The van der Waals surface area contributed by atoms with Gasteiger partial charge in [-0.15, -0.1) is 31.5 Å². The Bertz CT molecular complexity index is 86.2. The molecule has 0 aromatic heterocycles. The van der Waals surface area contributed by atoms with Crippen LogP contribution in [0.3, 0.4) is 0 Å². The van der Waals surface area contributed by atoms with Crippen LogP contribution in [0.1, 0.15) is 39.5 Å². The SMILES string of the molecule is CCCCC(CC)CB(Br)Br. The molecule has 0 bridgehead atoms. The molecule has 0 fully saturated rings. The Morgan fingerprint density at radius 2 is 1.91 bits per heavy atom. The van der Waals surface area contributed by atoms with Crippen molar-refractivity contribution in [3.05, 3.63) is 0 Å². The lowest BCUT2D eigenvalue weighted by Crippen LogP contribution is -2.04. The van der Waals surface area contributed by atoms with Crippen molar-refractivity contribution in [2.75, 3.05) is 0 Å². The van der Waals surface area contributed by atoms with Crippen LogP contribution in [-0.4, -0.2) is 4.36 Å². The minimum Gasteiger partial charge on any atom is -0.139 e. The minimum atomic E-state index is 0.511. The summed E-state index contributed by atoms with van der Waals surface area (Å²) in [7, 11) is 0. The molecule has 11 heavy (non-hydrogen) atoms. The van der Waals surface area contributed by atoms with E-state index in [-0.39, 0.29) is 0 Å². The van der Waals surface area contributed by atoms with Gasteiger partial charge in [0.15, 0.2) is 0 Å². The molecule has 0 heterocycles. The molecule has 66 valence electrons. The summed E-state index contributed by atoms with van der Waals surface area (Å²) in [5.41, 5.74) is 0. The van der Waals surface area contributed by atoms with Gasteiger partial charge in [0.1, 0.15) is 0 Å². The molecule has 0 aliphatic carbocycles. The van der Waals surface area contributed by atoms with Crippen molar-refractivity contribution >= 4 is 35.9 Å². The zero-order valence-corrected chi connectivity index (χ0v) is 10.6. The Labute approximate surface area is 87.5 Å². The van der Waals surface area contributed by atoms with Crippen molar-refractivity contribution in [1.82, 2.24) is 0 Å². The fourth-order valence-electron chi connectivity index (χ4n) is 1.23. The van der Waals surface area contributed by atoms with Gasteiger partial charge in [-0.1, -0.05) is 39.5 Å². The summed E-state index contributed by atoms with van der Waals surface area (Å²) in [4.78, 5) is 0. The predicted octanol–water partition coefficient (Wildman–Crippen LogP) is 4.48. The quantitative estimate of drug-likeness (QED) is 0.631. The van der Waals surface area contributed by atoms with Crippen LogP contribution in [0.15, 0.2) is 0 Å². The Kier molecular flexibility index (Phi) is 8.38. The summed E-state index contributed by atoms with van der Waals surface area (Å²) in [6.45, 7) is 4.54. The summed E-state index contributed by atoms with van der Waals surface area (Å²) in [5.74, 6) is 0.902. The van der Waals surface area contributed by atoms with Crippen LogP contribution in [0.25, 0.3) is 0 Å². The van der Waals surface area contributed by atoms with Crippen LogP contribution < -0.4 is 0 Å². The van der Waals surface area contributed by atoms with Gasteiger partial charge < -0.3 is 0 Å². The molecular formula is C8H17BBr2. The fraction of sp³-hybridized carbons (Fsp3) is 1.00. The van der Waals surface area contributed by atoms with Crippen molar-refractivity contribution in [3.63, 3.8) is 0 Å². The zero-order chi connectivity index (χ0) is 8.69. The third-order valence-electron chi connectivity index (χ3n) is 2.05. The second kappa shape index (κ2) is 7.66. The van der Waals surface area contributed by atoms with E-state index in [1.165, 1.54) is 32.0 Å². The molecule has 1 unspecified atom stereocenters. The van der Waals surface area contributed by atoms with E-state index in [0.29, 0.717) is 4.36 Å². The number of hydrogen-bond acceptors (Lipinski definition) is 0. The monoisotopic (exact) mass is 282 g/mol. The van der Waals surface area contributed by atoms with Crippen molar-refractivity contribution in [3.8, 4) is 0 Å². The standard InChI is InChI=1S/C8H17BBr2/c1-3-5-6-8(4-2)7-9(10)11/h8H,3-7H2,1-2H3. The number of halogens is 2. The molecule has 3 heteroatoms. The summed E-state index contributed by atoms with van der Waals surface area (Å²) >= 11 is 7.05. The van der Waals surface area contributed by atoms with Crippen LogP contribution in [0.5, 0.6) is 0 Å². The molecule has 0 rings (SSSR count). The van der Waals surface area contributed by atoms with Gasteiger partial charge in [-0.05, 0) is 12.2 Å². The average Bonchev–Trinajstić information content (AvgIpc) is 1.97. The van der Waals surface area contributed by atoms with Gasteiger partial charge in [0.2, 0.25) is 0 Å². The molecule has 0 radical (unpaired) electrons. The Balaban J connectivity index is 3.41. The molecule has 0 amide bonds. The number of unbranched alkanes of at least 4 members (excludes halogenated alkanes) is 1. The third kappa shape index (κ3) is 7.39. The van der Waals surface area contributed by atoms with Gasteiger partial charge in [-0.25, -0.2) is 0 Å². The van der Waals surface area contributed by atoms with Crippen LogP contribution >= 0.6 is 31.5 Å². The minimum absolute atomic E-state index is 0.511. The highest BCUT2D eigenvalue weighted by Crippen LogP contribution is 2.23. The van der Waals surface area contributed by atoms with Gasteiger partial charge >= 0.3 is 0 Å². The molecule has 0 saturated carbocycles. The summed E-state index contributed by atoms with van der Waals surface area (Å²) in [6, 6.07) is 0. The zero-order valence-electron chi connectivity index (χ0n) is 7.45. The molecule has 0 aromatic carbocycles. The second-order valence-electron chi connectivity index (χ2n) is 3.04. The van der Waals surface area contributed by atoms with Crippen LogP contribution in [0.2, 0.25) is 6.32 Å². The maximum absolute atomic E-state index is 3.52. The summed E-state index contributed by atoms with van der Waals surface area (Å²) < 4.78 is 0.511. The van der Waals surface area contributed by atoms with E-state index in [1.54, 1.807) is 0 Å². The first-order valence-electron chi connectivity index (χ1n) is 4.48. The topological polar surface area (TPSA) is 0 Å². The summed E-state index contributed by atoms with van der Waals surface area (Å²) in [6.07, 6.45) is 6.67. The lowest BCUT2D eigenvalue weighted by molar-refractivity contribution is 0.491. The van der Waals surface area contributed by atoms with Crippen molar-refractivity contribution in [2.24, 2.45) is 5.92 Å². The molecule has 0 saturated heterocycles. The third-order valence-corrected chi connectivity index (χ3v) is 2.80. The first-order valence-corrected chi connectivity index (χ1v) is 6.31. The van der Waals surface area contributed by atoms with Crippen LogP contribution in [-0.2, 0) is 0 Å². The van der Waals surface area contributed by atoms with E-state index < -0.39 is 0 Å². The second-order valence-corrected chi connectivity index (χ2v) is 6.48. The van der Waals surface area contributed by atoms with E-state index in [4.69, 9.17) is 0 Å². The van der Waals surface area contributed by atoms with Gasteiger partial charge in [0.05, 0.1) is 0 Å². The van der Waals surface area contributed by atoms with Crippen molar-refractivity contribution in [2.45, 2.75) is 45.9 Å². The molecule has 0 nitrogen and oxygen atoms in total.